The van der Waals surface area contributed by atoms with Gasteiger partial charge >= 0.3 is 0 Å². The molecule has 0 saturated heterocycles. The second-order valence-corrected chi connectivity index (χ2v) is 3.74. The molecule has 3 nitrogen and oxygen atoms in total. The van der Waals surface area contributed by atoms with Crippen LogP contribution in [0.3, 0.4) is 0 Å². The lowest BCUT2D eigenvalue weighted by Gasteiger charge is -2.13. The minimum Gasteiger partial charge on any atom is -0.446 e. The van der Waals surface area contributed by atoms with Crippen molar-refractivity contribution >= 4 is 0 Å². The number of rotatable bonds is 2. The van der Waals surface area contributed by atoms with Gasteiger partial charge in [0, 0.05) is 0 Å². The number of aliphatic hydroxyl groups is 1. The van der Waals surface area contributed by atoms with Crippen LogP contribution in [0.1, 0.15) is 31.2 Å². The molecule has 1 aromatic rings. The minimum absolute atomic E-state index is 0.460. The third-order valence-electron chi connectivity index (χ3n) is 1.66. The van der Waals surface area contributed by atoms with Crippen molar-refractivity contribution in [2.24, 2.45) is 0 Å². The standard InChI is InChI=1S/C9H15NO2/c1-6-7(2)12-8(10-6)5-9(3,4)11/h11H,5H2,1-4H3. The summed E-state index contributed by atoms with van der Waals surface area (Å²) in [7, 11) is 0. The van der Waals surface area contributed by atoms with E-state index < -0.39 is 5.60 Å². The molecule has 0 unspecified atom stereocenters. The molecule has 0 spiro atoms. The van der Waals surface area contributed by atoms with Crippen molar-refractivity contribution in [3.8, 4) is 0 Å². The Morgan fingerprint density at radius 2 is 2.00 bits per heavy atom. The first kappa shape index (κ1) is 9.26. The van der Waals surface area contributed by atoms with E-state index in [-0.39, 0.29) is 0 Å². The van der Waals surface area contributed by atoms with E-state index in [0.29, 0.717) is 12.3 Å². The van der Waals surface area contributed by atoms with Crippen LogP contribution in [0.25, 0.3) is 0 Å². The maximum absolute atomic E-state index is 9.47. The van der Waals surface area contributed by atoms with Crippen molar-refractivity contribution in [3.63, 3.8) is 0 Å². The Morgan fingerprint density at radius 1 is 1.42 bits per heavy atom. The summed E-state index contributed by atoms with van der Waals surface area (Å²) in [6.45, 7) is 7.24. The first-order valence-electron chi connectivity index (χ1n) is 4.04. The molecule has 0 radical (unpaired) electrons. The molecule has 0 aliphatic carbocycles. The molecular weight excluding hydrogens is 154 g/mol. The second kappa shape index (κ2) is 2.90. The first-order valence-corrected chi connectivity index (χ1v) is 4.04. The summed E-state index contributed by atoms with van der Waals surface area (Å²) in [5.41, 5.74) is 0.151. The van der Waals surface area contributed by atoms with Gasteiger partial charge in [-0.1, -0.05) is 0 Å². The van der Waals surface area contributed by atoms with Crippen LogP contribution in [0.2, 0.25) is 0 Å². The quantitative estimate of drug-likeness (QED) is 0.731. The largest absolute Gasteiger partial charge is 0.446 e. The number of aromatic nitrogens is 1. The number of aryl methyl sites for hydroxylation is 2. The van der Waals surface area contributed by atoms with Gasteiger partial charge in [0.15, 0.2) is 5.89 Å². The highest BCUT2D eigenvalue weighted by atomic mass is 16.4. The van der Waals surface area contributed by atoms with E-state index in [0.717, 1.165) is 11.5 Å². The molecule has 0 aromatic carbocycles. The predicted octanol–water partition coefficient (Wildman–Crippen LogP) is 1.60. The van der Waals surface area contributed by atoms with Crippen LogP contribution in [0.15, 0.2) is 4.42 Å². The Hall–Kier alpha value is -0.830. The summed E-state index contributed by atoms with van der Waals surface area (Å²) >= 11 is 0. The molecule has 1 aromatic heterocycles. The Labute approximate surface area is 72.4 Å². The predicted molar refractivity (Wildman–Crippen MR) is 46.0 cm³/mol. The third kappa shape index (κ3) is 2.34. The molecule has 1 heterocycles. The van der Waals surface area contributed by atoms with Crippen molar-refractivity contribution < 1.29 is 9.52 Å². The van der Waals surface area contributed by atoms with Crippen LogP contribution in [-0.4, -0.2) is 15.7 Å². The highest BCUT2D eigenvalue weighted by Crippen LogP contribution is 2.14. The molecule has 12 heavy (non-hydrogen) atoms. The fourth-order valence-corrected chi connectivity index (χ4v) is 0.985. The lowest BCUT2D eigenvalue weighted by atomic mass is 10.1. The van der Waals surface area contributed by atoms with Crippen LogP contribution < -0.4 is 0 Å². The molecular formula is C9H15NO2. The van der Waals surface area contributed by atoms with Gasteiger partial charge in [0.1, 0.15) is 5.76 Å². The summed E-state index contributed by atoms with van der Waals surface area (Å²) in [4.78, 5) is 4.17. The Bertz CT molecular complexity index is 251. The molecule has 0 bridgehead atoms. The van der Waals surface area contributed by atoms with Gasteiger partial charge in [0.2, 0.25) is 0 Å². The summed E-state index contributed by atoms with van der Waals surface area (Å²) in [5, 5.41) is 9.47. The normalized spacial score (nSPS) is 12.1. The molecule has 0 fully saturated rings. The Kier molecular flexibility index (Phi) is 2.24. The Morgan fingerprint density at radius 3 is 2.33 bits per heavy atom. The summed E-state index contributed by atoms with van der Waals surface area (Å²) < 4.78 is 5.32. The molecule has 3 heteroatoms. The molecule has 1 rings (SSSR count). The number of hydrogen-bond donors (Lipinski definition) is 1. The average molecular weight is 169 g/mol. The van der Waals surface area contributed by atoms with Crippen LogP contribution >= 0.6 is 0 Å². The fourth-order valence-electron chi connectivity index (χ4n) is 0.985. The van der Waals surface area contributed by atoms with Gasteiger partial charge in [-0.15, -0.1) is 0 Å². The zero-order valence-electron chi connectivity index (χ0n) is 8.01. The minimum atomic E-state index is -0.746. The molecule has 0 saturated carbocycles. The van der Waals surface area contributed by atoms with E-state index in [4.69, 9.17) is 4.42 Å². The summed E-state index contributed by atoms with van der Waals surface area (Å²) in [6, 6.07) is 0. The maximum atomic E-state index is 9.47. The van der Waals surface area contributed by atoms with E-state index in [1.165, 1.54) is 0 Å². The average Bonchev–Trinajstić information content (AvgIpc) is 2.07. The van der Waals surface area contributed by atoms with E-state index in [1.54, 1.807) is 13.8 Å². The van der Waals surface area contributed by atoms with Crippen molar-refractivity contribution in [1.82, 2.24) is 4.98 Å². The summed E-state index contributed by atoms with van der Waals surface area (Å²) in [5.74, 6) is 1.44. The molecule has 0 amide bonds. The Balaban J connectivity index is 2.77. The third-order valence-corrected chi connectivity index (χ3v) is 1.66. The number of hydrogen-bond acceptors (Lipinski definition) is 3. The zero-order chi connectivity index (χ0) is 9.35. The molecule has 0 aliphatic rings. The van der Waals surface area contributed by atoms with E-state index in [9.17, 15) is 5.11 Å². The van der Waals surface area contributed by atoms with Gasteiger partial charge in [0.25, 0.3) is 0 Å². The number of oxazole rings is 1. The lowest BCUT2D eigenvalue weighted by molar-refractivity contribution is 0.0735. The van der Waals surface area contributed by atoms with E-state index in [2.05, 4.69) is 4.98 Å². The topological polar surface area (TPSA) is 46.3 Å². The molecule has 1 N–H and O–H groups in total. The van der Waals surface area contributed by atoms with Crippen LogP contribution in [0, 0.1) is 13.8 Å². The second-order valence-electron chi connectivity index (χ2n) is 3.74. The zero-order valence-corrected chi connectivity index (χ0v) is 8.01. The van der Waals surface area contributed by atoms with Crippen LogP contribution in [-0.2, 0) is 6.42 Å². The van der Waals surface area contributed by atoms with E-state index in [1.807, 2.05) is 13.8 Å². The van der Waals surface area contributed by atoms with Crippen molar-refractivity contribution in [3.05, 3.63) is 17.3 Å². The number of nitrogens with zero attached hydrogens (tertiary/aromatic N) is 1. The smallest absolute Gasteiger partial charge is 0.197 e. The van der Waals surface area contributed by atoms with Gasteiger partial charge in [-0.25, -0.2) is 4.98 Å². The van der Waals surface area contributed by atoms with Crippen molar-refractivity contribution in [2.45, 2.75) is 39.7 Å². The van der Waals surface area contributed by atoms with Gasteiger partial charge in [0.05, 0.1) is 17.7 Å². The maximum Gasteiger partial charge on any atom is 0.197 e. The van der Waals surface area contributed by atoms with Gasteiger partial charge in [-0.2, -0.15) is 0 Å². The summed E-state index contributed by atoms with van der Waals surface area (Å²) in [6.07, 6.45) is 0.460. The lowest BCUT2D eigenvalue weighted by Crippen LogP contribution is -2.21. The van der Waals surface area contributed by atoms with Crippen molar-refractivity contribution in [1.29, 1.82) is 0 Å². The van der Waals surface area contributed by atoms with Gasteiger partial charge in [-0.05, 0) is 27.7 Å². The fraction of sp³-hybridized carbons (Fsp3) is 0.667. The van der Waals surface area contributed by atoms with Gasteiger partial charge in [-0.3, -0.25) is 0 Å². The molecule has 0 aliphatic heterocycles. The van der Waals surface area contributed by atoms with Crippen LogP contribution in [0.4, 0.5) is 0 Å². The SMILES string of the molecule is Cc1nc(CC(C)(C)O)oc1C. The van der Waals surface area contributed by atoms with E-state index >= 15 is 0 Å². The van der Waals surface area contributed by atoms with Gasteiger partial charge < -0.3 is 9.52 Å². The first-order chi connectivity index (χ1) is 5.38. The highest BCUT2D eigenvalue weighted by molar-refractivity contribution is 5.06. The molecule has 0 atom stereocenters. The molecule has 68 valence electrons. The van der Waals surface area contributed by atoms with Crippen LogP contribution in [0.5, 0.6) is 0 Å². The van der Waals surface area contributed by atoms with Crippen molar-refractivity contribution in [2.75, 3.05) is 0 Å². The highest BCUT2D eigenvalue weighted by Gasteiger charge is 2.17. The monoisotopic (exact) mass is 169 g/mol.